The average molecular weight is 511 g/mol. The van der Waals surface area contributed by atoms with E-state index < -0.39 is 5.97 Å². The molecule has 5 nitrogen and oxygen atoms in total. The zero-order valence-corrected chi connectivity index (χ0v) is 21.6. The normalized spacial score (nSPS) is 10.6. The van der Waals surface area contributed by atoms with Crippen LogP contribution in [0, 0.1) is 0 Å². The topological polar surface area (TPSA) is 65.0 Å². The molecule has 4 aromatic rings. The van der Waals surface area contributed by atoms with Crippen LogP contribution in [0.1, 0.15) is 52.7 Å². The van der Waals surface area contributed by atoms with Crippen LogP contribution in [0.5, 0.6) is 17.2 Å². The summed E-state index contributed by atoms with van der Waals surface area (Å²) in [5, 5.41) is 9.11. The predicted molar refractivity (Wildman–Crippen MR) is 149 cm³/mol. The summed E-state index contributed by atoms with van der Waals surface area (Å²) < 4.78 is 18.3. The van der Waals surface area contributed by atoms with E-state index in [4.69, 9.17) is 19.3 Å². The van der Waals surface area contributed by atoms with Gasteiger partial charge in [-0.3, -0.25) is 0 Å². The summed E-state index contributed by atoms with van der Waals surface area (Å²) in [6.07, 6.45) is 4.93. The maximum atomic E-state index is 11.1. The molecule has 0 heterocycles. The minimum atomic E-state index is -0.947. The van der Waals surface area contributed by atoms with E-state index in [1.54, 1.807) is 24.3 Å². The Balaban J connectivity index is 1.29. The molecule has 1 N–H and O–H groups in total. The number of aromatic carboxylic acids is 1. The lowest BCUT2D eigenvalue weighted by atomic mass is 10.0. The van der Waals surface area contributed by atoms with Crippen LogP contribution < -0.4 is 14.2 Å². The number of rotatable bonds is 15. The number of para-hydroxylation sites is 1. The number of ether oxygens (including phenoxy) is 3. The molecule has 38 heavy (non-hydrogen) atoms. The first-order valence-corrected chi connectivity index (χ1v) is 13.1. The highest BCUT2D eigenvalue weighted by atomic mass is 16.5. The van der Waals surface area contributed by atoms with E-state index in [0.717, 1.165) is 60.3 Å². The number of carbonyl (C=O) groups is 1. The van der Waals surface area contributed by atoms with Crippen LogP contribution in [0.3, 0.4) is 0 Å². The van der Waals surface area contributed by atoms with Crippen LogP contribution in [-0.2, 0) is 19.6 Å². The van der Waals surface area contributed by atoms with Crippen LogP contribution in [0.4, 0.5) is 0 Å². The Morgan fingerprint density at radius 2 is 1.29 bits per heavy atom. The number of aryl methyl sites for hydroxylation is 1. The first-order valence-electron chi connectivity index (χ1n) is 13.1. The van der Waals surface area contributed by atoms with E-state index in [1.165, 1.54) is 0 Å². The second-order valence-electron chi connectivity index (χ2n) is 9.14. The summed E-state index contributed by atoms with van der Waals surface area (Å²) in [5.74, 6) is 1.22. The van der Waals surface area contributed by atoms with Crippen molar-refractivity contribution < 1.29 is 24.1 Å². The van der Waals surface area contributed by atoms with Gasteiger partial charge in [0.05, 0.1) is 12.2 Å². The van der Waals surface area contributed by atoms with Gasteiger partial charge < -0.3 is 19.3 Å². The van der Waals surface area contributed by atoms with Gasteiger partial charge in [0.15, 0.2) is 11.5 Å². The van der Waals surface area contributed by atoms with Gasteiger partial charge in [-0.25, -0.2) is 4.79 Å². The maximum absolute atomic E-state index is 11.1. The number of unbranched alkanes of at least 4 members (excludes halogenated alkanes) is 3. The van der Waals surface area contributed by atoms with Crippen molar-refractivity contribution in [2.75, 3.05) is 6.61 Å². The number of hydrogen-bond donors (Lipinski definition) is 1. The van der Waals surface area contributed by atoms with Crippen molar-refractivity contribution in [2.24, 2.45) is 0 Å². The zero-order valence-electron chi connectivity index (χ0n) is 21.6. The van der Waals surface area contributed by atoms with Crippen molar-refractivity contribution in [1.82, 2.24) is 0 Å². The fourth-order valence-corrected chi connectivity index (χ4v) is 4.18. The first-order chi connectivity index (χ1) is 18.7. The van der Waals surface area contributed by atoms with Crippen LogP contribution in [0.25, 0.3) is 0 Å². The standard InChI is InChI=1S/C33H34O5/c34-33(35)29-19-11-20-30(23-29)36-22-10-2-1-9-17-28-18-12-21-31(37-24-26-13-5-3-6-14-26)32(28)38-25-27-15-7-4-8-16-27/h3-8,11-16,18-21,23H,1-2,9-10,17,22,24-25H2,(H,34,35). The van der Waals surface area contributed by atoms with Crippen LogP contribution in [0.15, 0.2) is 103 Å². The number of hydrogen-bond acceptors (Lipinski definition) is 4. The van der Waals surface area contributed by atoms with E-state index in [1.807, 2.05) is 48.5 Å². The molecule has 0 saturated carbocycles. The molecule has 0 atom stereocenters. The van der Waals surface area contributed by atoms with Crippen molar-refractivity contribution in [3.8, 4) is 17.2 Å². The van der Waals surface area contributed by atoms with Gasteiger partial charge in [-0.1, -0.05) is 91.7 Å². The highest BCUT2D eigenvalue weighted by Crippen LogP contribution is 2.34. The summed E-state index contributed by atoms with van der Waals surface area (Å²) in [6, 6.07) is 33.1. The summed E-state index contributed by atoms with van der Waals surface area (Å²) in [4.78, 5) is 11.1. The van der Waals surface area contributed by atoms with Crippen molar-refractivity contribution >= 4 is 5.97 Å². The minimum absolute atomic E-state index is 0.239. The van der Waals surface area contributed by atoms with Gasteiger partial charge in [0.1, 0.15) is 19.0 Å². The summed E-state index contributed by atoms with van der Waals surface area (Å²) in [5.41, 5.74) is 3.62. The fourth-order valence-electron chi connectivity index (χ4n) is 4.18. The first kappa shape index (κ1) is 26.8. The highest BCUT2D eigenvalue weighted by Gasteiger charge is 2.12. The monoisotopic (exact) mass is 510 g/mol. The molecule has 0 aliphatic rings. The van der Waals surface area contributed by atoms with E-state index in [2.05, 4.69) is 30.3 Å². The molecule has 5 heteroatoms. The smallest absolute Gasteiger partial charge is 0.335 e. The molecule has 0 spiro atoms. The lowest BCUT2D eigenvalue weighted by Gasteiger charge is -2.17. The van der Waals surface area contributed by atoms with E-state index in [0.29, 0.717) is 25.6 Å². The molecule has 0 aliphatic carbocycles. The molecule has 4 rings (SSSR count). The van der Waals surface area contributed by atoms with Crippen LogP contribution >= 0.6 is 0 Å². The largest absolute Gasteiger partial charge is 0.494 e. The molecule has 0 saturated heterocycles. The van der Waals surface area contributed by atoms with E-state index >= 15 is 0 Å². The number of carboxylic acid groups (broad SMARTS) is 1. The number of carboxylic acids is 1. The maximum Gasteiger partial charge on any atom is 0.335 e. The Labute approximate surface area is 224 Å². The number of benzene rings is 4. The van der Waals surface area contributed by atoms with Crippen LogP contribution in [0.2, 0.25) is 0 Å². The van der Waals surface area contributed by atoms with Gasteiger partial charge >= 0.3 is 5.97 Å². The van der Waals surface area contributed by atoms with Crippen molar-refractivity contribution in [3.63, 3.8) is 0 Å². The van der Waals surface area contributed by atoms with Crippen molar-refractivity contribution in [3.05, 3.63) is 125 Å². The zero-order chi connectivity index (χ0) is 26.4. The molecule has 0 bridgehead atoms. The Morgan fingerprint density at radius 3 is 2.00 bits per heavy atom. The SMILES string of the molecule is O=C(O)c1cccc(OCCCCCCc2cccc(OCc3ccccc3)c2OCc2ccccc2)c1. The Morgan fingerprint density at radius 1 is 0.632 bits per heavy atom. The molecule has 0 unspecified atom stereocenters. The van der Waals surface area contributed by atoms with Gasteiger partial charge in [0, 0.05) is 0 Å². The second kappa shape index (κ2) is 14.5. The van der Waals surface area contributed by atoms with E-state index in [-0.39, 0.29) is 5.56 Å². The third-order valence-corrected chi connectivity index (χ3v) is 6.21. The quantitative estimate of drug-likeness (QED) is 0.166. The van der Waals surface area contributed by atoms with Gasteiger partial charge in [0.2, 0.25) is 0 Å². The molecule has 0 aliphatic heterocycles. The van der Waals surface area contributed by atoms with Gasteiger partial charge in [0.25, 0.3) is 0 Å². The average Bonchev–Trinajstić information content (AvgIpc) is 2.96. The lowest BCUT2D eigenvalue weighted by Crippen LogP contribution is -2.03. The molecule has 0 amide bonds. The van der Waals surface area contributed by atoms with Crippen molar-refractivity contribution in [1.29, 1.82) is 0 Å². The minimum Gasteiger partial charge on any atom is -0.494 e. The van der Waals surface area contributed by atoms with Crippen LogP contribution in [-0.4, -0.2) is 17.7 Å². The fraction of sp³-hybridized carbons (Fsp3) is 0.242. The van der Waals surface area contributed by atoms with E-state index in [9.17, 15) is 4.79 Å². The Hall–Kier alpha value is -4.25. The molecule has 0 fully saturated rings. The summed E-state index contributed by atoms with van der Waals surface area (Å²) in [6.45, 7) is 1.54. The summed E-state index contributed by atoms with van der Waals surface area (Å²) >= 11 is 0. The predicted octanol–water partition coefficient (Wildman–Crippen LogP) is 7.72. The third-order valence-electron chi connectivity index (χ3n) is 6.21. The Bertz CT molecular complexity index is 1270. The lowest BCUT2D eigenvalue weighted by molar-refractivity contribution is 0.0696. The molecule has 4 aromatic carbocycles. The van der Waals surface area contributed by atoms with Gasteiger partial charge in [-0.2, -0.15) is 0 Å². The Kier molecular flexibility index (Phi) is 10.2. The highest BCUT2D eigenvalue weighted by molar-refractivity contribution is 5.88. The molecule has 0 aromatic heterocycles. The molecule has 0 radical (unpaired) electrons. The molecular formula is C33H34O5. The van der Waals surface area contributed by atoms with Crippen molar-refractivity contribution in [2.45, 2.75) is 45.3 Å². The molecule has 196 valence electrons. The summed E-state index contributed by atoms with van der Waals surface area (Å²) in [7, 11) is 0. The molecular weight excluding hydrogens is 476 g/mol. The van der Waals surface area contributed by atoms with Gasteiger partial charge in [-0.05, 0) is 60.2 Å². The second-order valence-corrected chi connectivity index (χ2v) is 9.14. The third kappa shape index (κ3) is 8.41. The van der Waals surface area contributed by atoms with Gasteiger partial charge in [-0.15, -0.1) is 0 Å².